The van der Waals surface area contributed by atoms with Gasteiger partial charge in [0.1, 0.15) is 12.4 Å². The number of amides is 1. The normalized spacial score (nSPS) is 20.9. The van der Waals surface area contributed by atoms with E-state index in [2.05, 4.69) is 91.5 Å². The van der Waals surface area contributed by atoms with E-state index in [9.17, 15) is 9.90 Å². The van der Waals surface area contributed by atoms with Crippen LogP contribution in [0.3, 0.4) is 0 Å². The van der Waals surface area contributed by atoms with Crippen LogP contribution in [-0.2, 0) is 17.4 Å². The number of benzene rings is 2. The Bertz CT molecular complexity index is 1450. The van der Waals surface area contributed by atoms with Crippen LogP contribution >= 0.6 is 0 Å². The number of rotatable bonds is 9. The average Bonchev–Trinajstić information content (AvgIpc) is 3.48. The second-order valence-electron chi connectivity index (χ2n) is 13.8. The van der Waals surface area contributed by atoms with Gasteiger partial charge in [-0.25, -0.2) is 4.79 Å². The molecule has 2 fully saturated rings. The molecule has 1 unspecified atom stereocenters. The van der Waals surface area contributed by atoms with Gasteiger partial charge in [-0.2, -0.15) is 9.97 Å². The van der Waals surface area contributed by atoms with E-state index in [0.717, 1.165) is 43.0 Å². The molecule has 6 rings (SSSR count). The lowest BCUT2D eigenvalue weighted by molar-refractivity contribution is 0.125. The predicted octanol–water partition coefficient (Wildman–Crippen LogP) is 3.34. The summed E-state index contributed by atoms with van der Waals surface area (Å²) >= 11 is 0. The first kappa shape index (κ1) is 32.4. The third kappa shape index (κ3) is 6.51. The summed E-state index contributed by atoms with van der Waals surface area (Å²) in [5.74, 6) is 0.849. The van der Waals surface area contributed by atoms with E-state index in [-0.39, 0.29) is 11.1 Å². The molecule has 10 nitrogen and oxygen atoms in total. The Morgan fingerprint density at radius 2 is 1.67 bits per heavy atom. The van der Waals surface area contributed by atoms with E-state index in [1.54, 1.807) is 0 Å². The number of nitrogens with one attached hydrogen (secondary N) is 1. The molecule has 3 aliphatic heterocycles. The fraction of sp³-hybridized carbons (Fsp3) is 0.514. The van der Waals surface area contributed by atoms with Crippen molar-refractivity contribution in [2.45, 2.75) is 63.7 Å². The maximum Gasteiger partial charge on any atom is 0.407 e. The van der Waals surface area contributed by atoms with Crippen LogP contribution < -0.4 is 25.3 Å². The zero-order chi connectivity index (χ0) is 32.3. The molecule has 2 saturated heterocycles. The Hall–Kier alpha value is -3.51. The van der Waals surface area contributed by atoms with Crippen LogP contribution in [0.2, 0.25) is 5.04 Å². The van der Waals surface area contributed by atoms with Crippen molar-refractivity contribution in [3.63, 3.8) is 0 Å². The van der Waals surface area contributed by atoms with Gasteiger partial charge in [-0.15, -0.1) is 0 Å². The van der Waals surface area contributed by atoms with Crippen molar-refractivity contribution in [3.05, 3.63) is 71.9 Å². The average molecular weight is 645 g/mol. The Morgan fingerprint density at radius 1 is 0.978 bits per heavy atom. The van der Waals surface area contributed by atoms with Crippen LogP contribution in [0.4, 0.5) is 10.6 Å². The number of piperazine rings is 1. The number of anilines is 1. The molecule has 3 aliphatic rings. The number of likely N-dealkylation sites (tertiary alicyclic amines) is 1. The van der Waals surface area contributed by atoms with Crippen LogP contribution in [0.15, 0.2) is 60.7 Å². The van der Waals surface area contributed by atoms with E-state index in [0.29, 0.717) is 51.4 Å². The number of carboxylic acid groups (broad SMARTS) is 1. The first-order valence-electron chi connectivity index (χ1n) is 16.6. The molecule has 1 amide bonds. The minimum Gasteiger partial charge on any atom is -0.465 e. The molecule has 1 aromatic heterocycles. The highest BCUT2D eigenvalue weighted by Gasteiger charge is 2.51. The maximum absolute atomic E-state index is 12.3. The number of fused-ring (bicyclic) bond motifs is 1. The number of ether oxygens (including phenoxy) is 1. The highest BCUT2D eigenvalue weighted by molar-refractivity contribution is 6.99. The molecule has 11 heteroatoms. The lowest BCUT2D eigenvalue weighted by Gasteiger charge is -2.47. The molecule has 2 atom stereocenters. The number of carbonyl (C=O) groups is 1. The minimum atomic E-state index is -2.85. The van der Waals surface area contributed by atoms with Crippen molar-refractivity contribution in [2.75, 3.05) is 57.9 Å². The molecule has 4 heterocycles. The lowest BCUT2D eigenvalue weighted by Crippen LogP contribution is -2.68. The molecule has 2 aromatic carbocycles. The minimum absolute atomic E-state index is 0.199. The first-order valence-corrected chi connectivity index (χ1v) is 18.5. The van der Waals surface area contributed by atoms with Crippen molar-refractivity contribution in [2.24, 2.45) is 0 Å². The van der Waals surface area contributed by atoms with Gasteiger partial charge in [0.25, 0.3) is 8.32 Å². The summed E-state index contributed by atoms with van der Waals surface area (Å²) in [4.78, 5) is 28.3. The Morgan fingerprint density at radius 3 is 2.28 bits per heavy atom. The van der Waals surface area contributed by atoms with E-state index in [1.807, 2.05) is 12.1 Å². The van der Waals surface area contributed by atoms with Crippen LogP contribution in [0, 0.1) is 0 Å². The van der Waals surface area contributed by atoms with Crippen molar-refractivity contribution < 1.29 is 19.1 Å². The number of hydrogen-bond donors (Lipinski definition) is 2. The van der Waals surface area contributed by atoms with E-state index >= 15 is 0 Å². The Kier molecular flexibility index (Phi) is 9.65. The Labute approximate surface area is 273 Å². The summed E-state index contributed by atoms with van der Waals surface area (Å²) in [6.45, 7) is 11.5. The standard InChI is InChI=1S/C35H48N6O4Si/c1-35(2,3)46(28-13-7-5-8-14-28,29-15-9-6-10-16-29)45-25-27-23-40(34(42)43)20-21-41(27)32-30-17-18-36-22-31(30)37-33(38-32)44-24-26-12-11-19-39(26)4/h5-10,13-16,26-27,36H,11-12,17-25H2,1-4H3,(H,42,43)/t26-,27?/m0/s1. The monoisotopic (exact) mass is 644 g/mol. The van der Waals surface area contributed by atoms with Gasteiger partial charge in [0.2, 0.25) is 0 Å². The zero-order valence-electron chi connectivity index (χ0n) is 27.6. The fourth-order valence-electron chi connectivity index (χ4n) is 7.41. The summed E-state index contributed by atoms with van der Waals surface area (Å²) in [5, 5.41) is 15.7. The fourth-order valence-corrected chi connectivity index (χ4v) is 12.0. The Balaban J connectivity index is 1.37. The third-order valence-corrected chi connectivity index (χ3v) is 14.9. The van der Waals surface area contributed by atoms with Crippen LogP contribution in [0.1, 0.15) is 44.9 Å². The number of nitrogens with zero attached hydrogens (tertiary/aromatic N) is 5. The topological polar surface area (TPSA) is 103 Å². The van der Waals surface area contributed by atoms with Crippen molar-refractivity contribution in [3.8, 4) is 6.01 Å². The highest BCUT2D eigenvalue weighted by Crippen LogP contribution is 2.38. The van der Waals surface area contributed by atoms with Crippen molar-refractivity contribution >= 4 is 30.6 Å². The molecule has 0 radical (unpaired) electrons. The van der Waals surface area contributed by atoms with Gasteiger partial charge < -0.3 is 34.3 Å². The highest BCUT2D eigenvalue weighted by atomic mass is 28.4. The zero-order valence-corrected chi connectivity index (χ0v) is 28.6. The van der Waals surface area contributed by atoms with Gasteiger partial charge in [-0.3, -0.25) is 0 Å². The summed E-state index contributed by atoms with van der Waals surface area (Å²) in [5.41, 5.74) is 2.07. The number of likely N-dealkylation sites (N-methyl/N-ethyl adjacent to an activating group) is 1. The van der Waals surface area contributed by atoms with Crippen LogP contribution in [0.5, 0.6) is 6.01 Å². The van der Waals surface area contributed by atoms with Gasteiger partial charge in [0, 0.05) is 37.8 Å². The molecular formula is C35H48N6O4Si. The van der Waals surface area contributed by atoms with E-state index < -0.39 is 14.4 Å². The predicted molar refractivity (Wildman–Crippen MR) is 183 cm³/mol. The van der Waals surface area contributed by atoms with Gasteiger partial charge in [0.05, 0.1) is 18.3 Å². The molecule has 0 saturated carbocycles. The van der Waals surface area contributed by atoms with Gasteiger partial charge >= 0.3 is 12.1 Å². The first-order chi connectivity index (χ1) is 22.2. The van der Waals surface area contributed by atoms with Crippen LogP contribution in [-0.4, -0.2) is 104 Å². The number of hydrogen-bond acceptors (Lipinski definition) is 8. The molecule has 0 aliphatic carbocycles. The maximum atomic E-state index is 12.3. The molecular weight excluding hydrogens is 597 g/mol. The lowest BCUT2D eigenvalue weighted by atomic mass is 10.0. The van der Waals surface area contributed by atoms with E-state index in [1.165, 1.54) is 21.7 Å². The van der Waals surface area contributed by atoms with Crippen LogP contribution in [0.25, 0.3) is 0 Å². The smallest absolute Gasteiger partial charge is 0.407 e. The quantitative estimate of drug-likeness (QED) is 0.340. The molecule has 46 heavy (non-hydrogen) atoms. The second-order valence-corrected chi connectivity index (χ2v) is 18.1. The van der Waals surface area contributed by atoms with Crippen molar-refractivity contribution in [1.82, 2.24) is 25.1 Å². The molecule has 246 valence electrons. The van der Waals surface area contributed by atoms with Gasteiger partial charge in [-0.1, -0.05) is 81.4 Å². The molecule has 0 spiro atoms. The summed E-state index contributed by atoms with van der Waals surface area (Å²) < 4.78 is 13.7. The largest absolute Gasteiger partial charge is 0.465 e. The van der Waals surface area contributed by atoms with Gasteiger partial charge in [-0.05, 0) is 54.8 Å². The molecule has 2 N–H and O–H groups in total. The molecule has 3 aromatic rings. The van der Waals surface area contributed by atoms with E-state index in [4.69, 9.17) is 19.1 Å². The molecule has 0 bridgehead atoms. The summed E-state index contributed by atoms with van der Waals surface area (Å²) in [6.07, 6.45) is 2.17. The SMILES string of the molecule is CN1CCC[C@H]1COc1nc2c(c(N3CCN(C(=O)O)CC3CO[Si](c3ccccc3)(c3ccccc3)C(C)(C)C)n1)CCNC2. The summed E-state index contributed by atoms with van der Waals surface area (Å²) in [6, 6.07) is 21.7. The van der Waals surface area contributed by atoms with Gasteiger partial charge in [0.15, 0.2) is 0 Å². The summed E-state index contributed by atoms with van der Waals surface area (Å²) in [7, 11) is -0.710. The number of aromatic nitrogens is 2. The second kappa shape index (κ2) is 13.7. The third-order valence-electron chi connectivity index (χ3n) is 9.91. The van der Waals surface area contributed by atoms with Crippen molar-refractivity contribution in [1.29, 1.82) is 0 Å².